The number of rotatable bonds is 3. The Morgan fingerprint density at radius 1 is 1.42 bits per heavy atom. The number of alkyl halides is 3. The molecule has 0 aliphatic carbocycles. The smallest absolute Gasteiger partial charge is 0.321 e. The Bertz CT molecular complexity index is 165. The molecule has 0 aromatic carbocycles. The highest BCUT2D eigenvalue weighted by Crippen LogP contribution is 2.19. The minimum absolute atomic E-state index is 0.00806. The summed E-state index contributed by atoms with van der Waals surface area (Å²) < 4.78 is 35.2. The van der Waals surface area contributed by atoms with Crippen molar-refractivity contribution in [3.63, 3.8) is 0 Å². The zero-order valence-corrected chi connectivity index (χ0v) is 6.98. The number of carbonyl (C=O) groups excluding carboxylic acids is 1. The number of hydrogen-bond acceptors (Lipinski definition) is 2. The molecule has 0 bridgehead atoms. The molecule has 2 nitrogen and oxygen atoms in total. The monoisotopic (exact) mass is 183 g/mol. The minimum atomic E-state index is -4.80. The molecule has 0 radical (unpaired) electrons. The van der Waals surface area contributed by atoms with Gasteiger partial charge in [0.25, 0.3) is 5.78 Å². The lowest BCUT2D eigenvalue weighted by Gasteiger charge is -2.14. The third-order valence-electron chi connectivity index (χ3n) is 1.34. The number of hydrogen-bond donors (Lipinski definition) is 1. The fourth-order valence-electron chi connectivity index (χ4n) is 0.825. The highest BCUT2D eigenvalue weighted by atomic mass is 19.4. The molecule has 0 heterocycles. The summed E-state index contributed by atoms with van der Waals surface area (Å²) >= 11 is 0. The van der Waals surface area contributed by atoms with Gasteiger partial charge in [0, 0.05) is 0 Å². The molecule has 12 heavy (non-hydrogen) atoms. The molecule has 72 valence electrons. The van der Waals surface area contributed by atoms with Crippen LogP contribution >= 0.6 is 0 Å². The van der Waals surface area contributed by atoms with Crippen molar-refractivity contribution in [2.75, 3.05) is 0 Å². The first-order valence-corrected chi connectivity index (χ1v) is 3.61. The third kappa shape index (κ3) is 3.71. The number of ketones is 1. The molecule has 0 aliphatic heterocycles. The van der Waals surface area contributed by atoms with Crippen LogP contribution < -0.4 is 5.73 Å². The second kappa shape index (κ2) is 3.89. The maximum Gasteiger partial charge on any atom is 0.451 e. The van der Waals surface area contributed by atoms with Crippen LogP contribution in [0.2, 0.25) is 0 Å². The van der Waals surface area contributed by atoms with Gasteiger partial charge in [-0.05, 0) is 12.3 Å². The number of Topliss-reactive ketones (excluding diaryl/α,β-unsaturated/α-hetero) is 1. The van der Waals surface area contributed by atoms with Crippen molar-refractivity contribution < 1.29 is 18.0 Å². The average Bonchev–Trinajstić information content (AvgIpc) is 1.82. The zero-order valence-electron chi connectivity index (χ0n) is 6.98. The van der Waals surface area contributed by atoms with E-state index >= 15 is 0 Å². The molecule has 0 aromatic rings. The van der Waals surface area contributed by atoms with E-state index in [2.05, 4.69) is 0 Å². The van der Waals surface area contributed by atoms with E-state index in [9.17, 15) is 18.0 Å². The highest BCUT2D eigenvalue weighted by Gasteiger charge is 2.41. The predicted octanol–water partition coefficient (Wildman–Crippen LogP) is 1.49. The molecule has 0 aromatic heterocycles. The fourth-order valence-corrected chi connectivity index (χ4v) is 0.825. The van der Waals surface area contributed by atoms with E-state index in [1.807, 2.05) is 0 Å². The van der Waals surface area contributed by atoms with Gasteiger partial charge in [-0.25, -0.2) is 0 Å². The fraction of sp³-hybridized carbons (Fsp3) is 0.857. The Kier molecular flexibility index (Phi) is 3.70. The maximum absolute atomic E-state index is 11.7. The van der Waals surface area contributed by atoms with Gasteiger partial charge in [0.2, 0.25) is 0 Å². The Labute approximate surface area is 68.9 Å². The van der Waals surface area contributed by atoms with Crippen molar-refractivity contribution in [2.45, 2.75) is 32.5 Å². The van der Waals surface area contributed by atoms with E-state index < -0.39 is 18.0 Å². The second-order valence-electron chi connectivity index (χ2n) is 3.10. The molecule has 1 atom stereocenters. The van der Waals surface area contributed by atoms with E-state index in [0.29, 0.717) is 0 Å². The summed E-state index contributed by atoms with van der Waals surface area (Å²) in [6.07, 6.45) is -4.73. The molecule has 2 N–H and O–H groups in total. The van der Waals surface area contributed by atoms with Crippen LogP contribution in [0.3, 0.4) is 0 Å². The van der Waals surface area contributed by atoms with Crippen LogP contribution in [0.25, 0.3) is 0 Å². The SMILES string of the molecule is CC(C)CC(N)C(=O)C(F)(F)F. The number of halogens is 3. The molecule has 0 saturated carbocycles. The van der Waals surface area contributed by atoms with Gasteiger partial charge in [-0.3, -0.25) is 4.79 Å². The van der Waals surface area contributed by atoms with E-state index in [-0.39, 0.29) is 12.3 Å². The third-order valence-corrected chi connectivity index (χ3v) is 1.34. The Hall–Kier alpha value is -0.580. The molecule has 0 spiro atoms. The molecule has 5 heteroatoms. The zero-order chi connectivity index (χ0) is 9.94. The van der Waals surface area contributed by atoms with Crippen molar-refractivity contribution in [3.8, 4) is 0 Å². The predicted molar refractivity (Wildman–Crippen MR) is 38.5 cm³/mol. The summed E-state index contributed by atoms with van der Waals surface area (Å²) in [7, 11) is 0. The second-order valence-corrected chi connectivity index (χ2v) is 3.10. The van der Waals surface area contributed by atoms with Crippen molar-refractivity contribution in [3.05, 3.63) is 0 Å². The molecule has 1 unspecified atom stereocenters. The lowest BCUT2D eigenvalue weighted by Crippen LogP contribution is -2.41. The molecule has 0 saturated heterocycles. The van der Waals surface area contributed by atoms with Gasteiger partial charge in [0.1, 0.15) is 0 Å². The molecular formula is C7H12F3NO. The van der Waals surface area contributed by atoms with Crippen LogP contribution in [0.15, 0.2) is 0 Å². The standard InChI is InChI=1S/C7H12F3NO/c1-4(2)3-5(11)6(12)7(8,9)10/h4-5H,3,11H2,1-2H3. The van der Waals surface area contributed by atoms with E-state index in [0.717, 1.165) is 0 Å². The van der Waals surface area contributed by atoms with E-state index in [4.69, 9.17) is 5.73 Å². The van der Waals surface area contributed by atoms with Gasteiger partial charge in [-0.2, -0.15) is 13.2 Å². The van der Waals surface area contributed by atoms with Gasteiger partial charge in [0.15, 0.2) is 0 Å². The topological polar surface area (TPSA) is 43.1 Å². The lowest BCUT2D eigenvalue weighted by atomic mass is 10.0. The van der Waals surface area contributed by atoms with Crippen LogP contribution in [0.5, 0.6) is 0 Å². The lowest BCUT2D eigenvalue weighted by molar-refractivity contribution is -0.172. The Morgan fingerprint density at radius 2 is 1.83 bits per heavy atom. The summed E-state index contributed by atoms with van der Waals surface area (Å²) in [6.45, 7) is 3.42. The summed E-state index contributed by atoms with van der Waals surface area (Å²) in [5.74, 6) is -1.84. The van der Waals surface area contributed by atoms with Gasteiger partial charge in [-0.15, -0.1) is 0 Å². The van der Waals surface area contributed by atoms with Crippen LogP contribution in [0.1, 0.15) is 20.3 Å². The van der Waals surface area contributed by atoms with Gasteiger partial charge < -0.3 is 5.73 Å². The van der Waals surface area contributed by atoms with Gasteiger partial charge >= 0.3 is 6.18 Å². The van der Waals surface area contributed by atoms with Crippen LogP contribution in [-0.2, 0) is 4.79 Å². The first-order chi connectivity index (χ1) is 5.25. The maximum atomic E-state index is 11.7. The van der Waals surface area contributed by atoms with Crippen molar-refractivity contribution in [2.24, 2.45) is 11.7 Å². The highest BCUT2D eigenvalue weighted by molar-refractivity contribution is 5.88. The summed E-state index contributed by atoms with van der Waals surface area (Å²) in [5, 5.41) is 0. The summed E-state index contributed by atoms with van der Waals surface area (Å²) in [5.41, 5.74) is 5.03. The first-order valence-electron chi connectivity index (χ1n) is 3.61. The summed E-state index contributed by atoms with van der Waals surface area (Å²) in [4.78, 5) is 10.5. The van der Waals surface area contributed by atoms with Crippen molar-refractivity contribution >= 4 is 5.78 Å². The molecule has 0 fully saturated rings. The summed E-state index contributed by atoms with van der Waals surface area (Å²) in [6, 6.07) is -1.41. The van der Waals surface area contributed by atoms with E-state index in [1.54, 1.807) is 13.8 Å². The number of nitrogens with two attached hydrogens (primary N) is 1. The van der Waals surface area contributed by atoms with E-state index in [1.165, 1.54) is 0 Å². The van der Waals surface area contributed by atoms with Gasteiger partial charge in [0.05, 0.1) is 6.04 Å². The van der Waals surface area contributed by atoms with Crippen LogP contribution in [0.4, 0.5) is 13.2 Å². The van der Waals surface area contributed by atoms with Crippen LogP contribution in [-0.4, -0.2) is 18.0 Å². The Balaban J connectivity index is 4.12. The quantitative estimate of drug-likeness (QED) is 0.720. The average molecular weight is 183 g/mol. The van der Waals surface area contributed by atoms with Crippen molar-refractivity contribution in [1.29, 1.82) is 0 Å². The minimum Gasteiger partial charge on any atom is -0.321 e. The largest absolute Gasteiger partial charge is 0.451 e. The molecular weight excluding hydrogens is 171 g/mol. The van der Waals surface area contributed by atoms with Crippen LogP contribution in [0, 0.1) is 5.92 Å². The first kappa shape index (κ1) is 11.4. The van der Waals surface area contributed by atoms with Crippen molar-refractivity contribution in [1.82, 2.24) is 0 Å². The molecule has 0 aliphatic rings. The Morgan fingerprint density at radius 3 is 2.08 bits per heavy atom. The number of carbonyl (C=O) groups is 1. The molecule has 0 rings (SSSR count). The molecule has 0 amide bonds. The normalized spacial score (nSPS) is 14.9. The van der Waals surface area contributed by atoms with Gasteiger partial charge in [-0.1, -0.05) is 13.8 Å².